The van der Waals surface area contributed by atoms with Crippen LogP contribution in [0.2, 0.25) is 0 Å². The predicted molar refractivity (Wildman–Crippen MR) is 102 cm³/mol. The third-order valence-corrected chi connectivity index (χ3v) is 4.83. The summed E-state index contributed by atoms with van der Waals surface area (Å²) in [6, 6.07) is -0.460. The fourth-order valence-electron chi connectivity index (χ4n) is 3.73. The molecule has 1 aliphatic rings. The van der Waals surface area contributed by atoms with Gasteiger partial charge in [-0.05, 0) is 46.0 Å². The molecule has 10 nitrogen and oxygen atoms in total. The zero-order valence-electron chi connectivity index (χ0n) is 16.3. The lowest BCUT2D eigenvalue weighted by Crippen LogP contribution is -2.46. The number of nitrogens with zero attached hydrogens (tertiary/aromatic N) is 4. The zero-order chi connectivity index (χ0) is 20.5. The van der Waals surface area contributed by atoms with Crippen molar-refractivity contribution in [1.82, 2.24) is 24.8 Å². The maximum Gasteiger partial charge on any atom is 0.407 e. The first-order chi connectivity index (χ1) is 13.1. The third-order valence-electron chi connectivity index (χ3n) is 4.83. The van der Waals surface area contributed by atoms with Crippen LogP contribution in [0.5, 0.6) is 0 Å². The van der Waals surface area contributed by atoms with Crippen LogP contribution in [0.25, 0.3) is 11.2 Å². The van der Waals surface area contributed by atoms with Crippen LogP contribution >= 0.6 is 0 Å². The smallest absolute Gasteiger partial charge is 0.407 e. The van der Waals surface area contributed by atoms with Gasteiger partial charge in [0.15, 0.2) is 11.5 Å². The molecule has 0 aliphatic heterocycles. The first-order valence-corrected chi connectivity index (χ1v) is 9.28. The second-order valence-corrected chi connectivity index (χ2v) is 8.18. The Hall–Kier alpha value is -2.91. The Morgan fingerprint density at radius 3 is 2.75 bits per heavy atom. The van der Waals surface area contributed by atoms with Crippen molar-refractivity contribution in [3.8, 4) is 0 Å². The molecule has 1 saturated carbocycles. The summed E-state index contributed by atoms with van der Waals surface area (Å²) in [4.78, 5) is 36.1. The van der Waals surface area contributed by atoms with Gasteiger partial charge in [-0.1, -0.05) is 0 Å². The number of imidazole rings is 1. The van der Waals surface area contributed by atoms with Crippen LogP contribution < -0.4 is 11.1 Å². The Morgan fingerprint density at radius 1 is 1.32 bits per heavy atom. The molecule has 152 valence electrons. The summed E-state index contributed by atoms with van der Waals surface area (Å²) in [6.45, 7) is 5.38. The molecular weight excluding hydrogens is 364 g/mol. The van der Waals surface area contributed by atoms with Crippen LogP contribution in [0.4, 0.5) is 10.6 Å². The highest BCUT2D eigenvalue weighted by atomic mass is 16.6. The average Bonchev–Trinajstić information content (AvgIpc) is 2.98. The second kappa shape index (κ2) is 7.61. The molecule has 2 aromatic heterocycles. The number of carboxylic acid groups (broad SMARTS) is 1. The number of hydrogen-bond acceptors (Lipinski definition) is 7. The number of nitrogens with one attached hydrogen (secondary N) is 1. The molecule has 0 spiro atoms. The fourth-order valence-corrected chi connectivity index (χ4v) is 3.73. The van der Waals surface area contributed by atoms with Gasteiger partial charge in [0.05, 0.1) is 18.4 Å². The van der Waals surface area contributed by atoms with Crippen LogP contribution in [-0.2, 0) is 9.53 Å². The Bertz CT molecular complexity index is 875. The van der Waals surface area contributed by atoms with E-state index in [0.29, 0.717) is 29.8 Å². The van der Waals surface area contributed by atoms with Gasteiger partial charge in [0, 0.05) is 6.42 Å². The number of nitrogens with two attached hydrogens (primary N) is 1. The van der Waals surface area contributed by atoms with E-state index >= 15 is 0 Å². The van der Waals surface area contributed by atoms with E-state index < -0.39 is 17.7 Å². The summed E-state index contributed by atoms with van der Waals surface area (Å²) < 4.78 is 7.27. The number of carboxylic acids is 1. The largest absolute Gasteiger partial charge is 0.481 e. The number of carbonyl (C=O) groups excluding carboxylic acids is 1. The Balaban J connectivity index is 1.87. The molecule has 1 aliphatic carbocycles. The molecule has 1 fully saturated rings. The van der Waals surface area contributed by atoms with Crippen molar-refractivity contribution < 1.29 is 19.4 Å². The monoisotopic (exact) mass is 390 g/mol. The molecule has 0 unspecified atom stereocenters. The minimum atomic E-state index is -0.840. The lowest BCUT2D eigenvalue weighted by Gasteiger charge is -2.37. The zero-order valence-corrected chi connectivity index (χ0v) is 16.3. The summed E-state index contributed by atoms with van der Waals surface area (Å²) in [5.41, 5.74) is 6.35. The number of ether oxygens (including phenoxy) is 1. The highest BCUT2D eigenvalue weighted by molar-refractivity contribution is 5.81. The minimum absolute atomic E-state index is 0.0248. The topological polar surface area (TPSA) is 145 Å². The van der Waals surface area contributed by atoms with Crippen molar-refractivity contribution in [2.75, 3.05) is 5.73 Å². The van der Waals surface area contributed by atoms with E-state index in [2.05, 4.69) is 20.3 Å². The van der Waals surface area contributed by atoms with Gasteiger partial charge in [0.1, 0.15) is 17.4 Å². The van der Waals surface area contributed by atoms with Gasteiger partial charge >= 0.3 is 12.1 Å². The number of amides is 1. The average molecular weight is 390 g/mol. The van der Waals surface area contributed by atoms with Gasteiger partial charge in [-0.3, -0.25) is 4.79 Å². The summed E-state index contributed by atoms with van der Waals surface area (Å²) in [6.07, 6.45) is 4.48. The Morgan fingerprint density at radius 2 is 2.07 bits per heavy atom. The molecule has 3 rings (SSSR count). The quantitative estimate of drug-likeness (QED) is 0.719. The van der Waals surface area contributed by atoms with Crippen LogP contribution in [0.3, 0.4) is 0 Å². The lowest BCUT2D eigenvalue weighted by molar-refractivity contribution is -0.138. The van der Waals surface area contributed by atoms with Crippen LogP contribution in [0, 0.1) is 5.92 Å². The molecule has 4 N–H and O–H groups in total. The first kappa shape index (κ1) is 19.8. The van der Waals surface area contributed by atoms with E-state index in [1.807, 2.05) is 4.57 Å². The molecule has 1 amide bonds. The predicted octanol–water partition coefficient (Wildman–Crippen LogP) is 2.12. The minimum Gasteiger partial charge on any atom is -0.481 e. The van der Waals surface area contributed by atoms with Crippen molar-refractivity contribution >= 4 is 29.0 Å². The van der Waals surface area contributed by atoms with Crippen molar-refractivity contribution in [3.05, 3.63) is 12.7 Å². The molecule has 3 atom stereocenters. The number of alkyl carbamates (subject to hydrolysis) is 1. The number of anilines is 1. The maximum atomic E-state index is 12.4. The summed E-state index contributed by atoms with van der Waals surface area (Å²) >= 11 is 0. The van der Waals surface area contributed by atoms with Gasteiger partial charge in [-0.15, -0.1) is 0 Å². The van der Waals surface area contributed by atoms with E-state index in [9.17, 15) is 9.59 Å². The van der Waals surface area contributed by atoms with Crippen LogP contribution in [0.15, 0.2) is 12.7 Å². The maximum absolute atomic E-state index is 12.4. The van der Waals surface area contributed by atoms with Gasteiger partial charge in [-0.2, -0.15) is 0 Å². The highest BCUT2D eigenvalue weighted by Gasteiger charge is 2.35. The van der Waals surface area contributed by atoms with E-state index in [4.69, 9.17) is 15.6 Å². The molecule has 0 bridgehead atoms. The molecule has 28 heavy (non-hydrogen) atoms. The van der Waals surface area contributed by atoms with Crippen molar-refractivity contribution in [2.45, 2.75) is 64.1 Å². The Labute approximate surface area is 162 Å². The SMILES string of the molecule is CC(C)(C)OC(=O)N[C@@H]1C[C@H](CC(=O)O)CC[C@H]1n1cnc2c(N)ncnc21. The highest BCUT2D eigenvalue weighted by Crippen LogP contribution is 2.36. The van der Waals surface area contributed by atoms with Gasteiger partial charge < -0.3 is 25.5 Å². The number of rotatable bonds is 4. The van der Waals surface area contributed by atoms with Crippen molar-refractivity contribution in [1.29, 1.82) is 0 Å². The normalized spacial score (nSPS) is 22.8. The standard InChI is InChI=1S/C18H26N6O4/c1-18(2,3)28-17(27)23-11-6-10(7-13(25)26)4-5-12(11)24-9-22-14-15(19)20-8-21-16(14)24/h8-12H,4-7H2,1-3H3,(H,23,27)(H,25,26)(H2,19,20,21)/t10-,11-,12-/m1/s1. The molecule has 2 heterocycles. The number of fused-ring (bicyclic) bond motifs is 1. The number of carbonyl (C=O) groups is 2. The second-order valence-electron chi connectivity index (χ2n) is 8.18. The Kier molecular flexibility index (Phi) is 5.39. The number of aromatic nitrogens is 4. The summed E-state index contributed by atoms with van der Waals surface area (Å²) in [7, 11) is 0. The molecule has 0 saturated heterocycles. The third kappa shape index (κ3) is 4.49. The molecule has 0 radical (unpaired) electrons. The number of aliphatic carboxylic acids is 1. The van der Waals surface area contributed by atoms with E-state index in [1.54, 1.807) is 27.1 Å². The molecule has 2 aromatic rings. The van der Waals surface area contributed by atoms with Crippen LogP contribution in [0.1, 0.15) is 52.5 Å². The number of hydrogen-bond donors (Lipinski definition) is 3. The first-order valence-electron chi connectivity index (χ1n) is 9.28. The van der Waals surface area contributed by atoms with Crippen molar-refractivity contribution in [3.63, 3.8) is 0 Å². The lowest BCUT2D eigenvalue weighted by atomic mass is 9.80. The fraction of sp³-hybridized carbons (Fsp3) is 0.611. The number of nitrogen functional groups attached to an aromatic ring is 1. The molecular formula is C18H26N6O4. The van der Waals surface area contributed by atoms with Crippen molar-refractivity contribution in [2.24, 2.45) is 5.92 Å². The van der Waals surface area contributed by atoms with Gasteiger partial charge in [0.25, 0.3) is 0 Å². The van der Waals surface area contributed by atoms with E-state index in [1.165, 1.54) is 6.33 Å². The van der Waals surface area contributed by atoms with Gasteiger partial charge in [0.2, 0.25) is 0 Å². The van der Waals surface area contributed by atoms with E-state index in [-0.39, 0.29) is 24.4 Å². The molecule has 10 heteroatoms. The van der Waals surface area contributed by atoms with Gasteiger partial charge in [-0.25, -0.2) is 19.7 Å². The van der Waals surface area contributed by atoms with Crippen LogP contribution in [-0.4, -0.2) is 48.3 Å². The van der Waals surface area contributed by atoms with E-state index in [0.717, 1.165) is 6.42 Å². The summed E-state index contributed by atoms with van der Waals surface area (Å²) in [5.74, 6) is -0.573. The molecule has 0 aromatic carbocycles. The summed E-state index contributed by atoms with van der Waals surface area (Å²) in [5, 5.41) is 12.1.